The Balaban J connectivity index is 0.000000451. The summed E-state index contributed by atoms with van der Waals surface area (Å²) >= 11 is 0. The highest BCUT2D eigenvalue weighted by atomic mass is 32.2. The molecule has 0 aliphatic carbocycles. The largest absolute Gasteiger partial charge is 0.490 e. The van der Waals surface area contributed by atoms with Gasteiger partial charge in [0, 0.05) is 6.04 Å². The third kappa shape index (κ3) is 6.70. The molecule has 0 fully saturated rings. The molecule has 6 nitrogen and oxygen atoms in total. The van der Waals surface area contributed by atoms with Gasteiger partial charge in [0.15, 0.2) is 0 Å². The second-order valence-electron chi connectivity index (χ2n) is 7.65. The molecule has 0 spiro atoms. The Morgan fingerprint density at radius 2 is 1.69 bits per heavy atom. The van der Waals surface area contributed by atoms with Crippen LogP contribution in [-0.4, -0.2) is 43.5 Å². The number of carbonyl (C=O) groups is 1. The zero-order chi connectivity index (χ0) is 23.9. The Kier molecular flexibility index (Phi) is 8.68. The monoisotopic (exact) mass is 472 g/mol. The van der Waals surface area contributed by atoms with Crippen molar-refractivity contribution in [2.24, 2.45) is 0 Å². The maximum Gasteiger partial charge on any atom is 0.490 e. The molecular weight excluding hydrogens is 445 g/mol. The molecular formula is C22H27F3N2O4S. The number of anilines is 2. The van der Waals surface area contributed by atoms with E-state index in [-0.39, 0.29) is 5.25 Å². The minimum absolute atomic E-state index is 0.378. The van der Waals surface area contributed by atoms with E-state index in [0.717, 1.165) is 24.2 Å². The first-order valence-electron chi connectivity index (χ1n) is 10.1. The third-order valence-electron chi connectivity index (χ3n) is 4.82. The van der Waals surface area contributed by atoms with Gasteiger partial charge in [-0.1, -0.05) is 50.2 Å². The maximum absolute atomic E-state index is 13.3. The van der Waals surface area contributed by atoms with Gasteiger partial charge in [-0.15, -0.1) is 0 Å². The molecule has 2 aromatic rings. The van der Waals surface area contributed by atoms with Crippen molar-refractivity contribution in [1.82, 2.24) is 5.32 Å². The number of aliphatic carboxylic acids is 1. The summed E-state index contributed by atoms with van der Waals surface area (Å²) in [6, 6.07) is 17.6. The number of nitrogens with zero attached hydrogens (tertiary/aromatic N) is 1. The fraction of sp³-hybridized carbons (Fsp3) is 0.409. The van der Waals surface area contributed by atoms with Gasteiger partial charge >= 0.3 is 12.1 Å². The molecule has 1 atom stereocenters. The lowest BCUT2D eigenvalue weighted by Crippen LogP contribution is -2.41. The summed E-state index contributed by atoms with van der Waals surface area (Å²) in [6.45, 7) is 5.05. The van der Waals surface area contributed by atoms with Gasteiger partial charge in [0.2, 0.25) is 10.0 Å². The molecule has 1 heterocycles. The molecule has 0 aromatic heterocycles. The number of alkyl halides is 3. The molecule has 0 amide bonds. The summed E-state index contributed by atoms with van der Waals surface area (Å²) in [5.41, 5.74) is 2.59. The molecule has 2 N–H and O–H groups in total. The summed E-state index contributed by atoms with van der Waals surface area (Å²) in [7, 11) is -3.43. The van der Waals surface area contributed by atoms with Gasteiger partial charge in [-0.3, -0.25) is 0 Å². The normalized spacial score (nSPS) is 17.3. The zero-order valence-electron chi connectivity index (χ0n) is 17.8. The molecule has 0 saturated carbocycles. The van der Waals surface area contributed by atoms with Crippen LogP contribution in [0.3, 0.4) is 0 Å². The molecule has 2 aromatic carbocycles. The Hall–Kier alpha value is -2.59. The topological polar surface area (TPSA) is 86.7 Å². The number of sulfonamides is 1. The van der Waals surface area contributed by atoms with E-state index in [1.807, 2.05) is 54.6 Å². The van der Waals surface area contributed by atoms with Crippen LogP contribution < -0.4 is 9.62 Å². The van der Waals surface area contributed by atoms with Crippen LogP contribution in [0.5, 0.6) is 0 Å². The number of nitrogens with one attached hydrogen (secondary N) is 1. The Morgan fingerprint density at radius 3 is 2.25 bits per heavy atom. The average molecular weight is 473 g/mol. The van der Waals surface area contributed by atoms with E-state index in [2.05, 4.69) is 19.2 Å². The van der Waals surface area contributed by atoms with Crippen molar-refractivity contribution in [2.45, 2.75) is 50.6 Å². The van der Waals surface area contributed by atoms with Crippen LogP contribution in [0.25, 0.3) is 0 Å². The molecule has 0 bridgehead atoms. The smallest absolute Gasteiger partial charge is 0.475 e. The van der Waals surface area contributed by atoms with E-state index in [4.69, 9.17) is 9.90 Å². The summed E-state index contributed by atoms with van der Waals surface area (Å²) < 4.78 is 59.9. The lowest BCUT2D eigenvalue weighted by atomic mass is 10.0. The molecule has 1 aliphatic heterocycles. The first kappa shape index (κ1) is 25.7. The van der Waals surface area contributed by atoms with E-state index in [9.17, 15) is 21.6 Å². The van der Waals surface area contributed by atoms with E-state index < -0.39 is 22.2 Å². The number of hydrogen-bond acceptors (Lipinski definition) is 4. The van der Waals surface area contributed by atoms with Gasteiger partial charge < -0.3 is 10.4 Å². The second kappa shape index (κ2) is 10.8. The standard InChI is InChI=1S/C20H26N2O2S.C2HF3O2/c1-16(2)21-14-8-12-19-15-17-9-6-7-13-20(17)22(25(19,23)24)18-10-4-3-5-11-18;3-2(4,5)1(6)7/h3-7,9-11,13,16,19,21H,8,12,14-15H2,1-2H3;(H,6,7). The van der Waals surface area contributed by atoms with Crippen molar-refractivity contribution in [3.8, 4) is 0 Å². The number of carboxylic acid groups (broad SMARTS) is 1. The number of halogens is 3. The quantitative estimate of drug-likeness (QED) is 0.605. The molecule has 3 rings (SSSR count). The Labute approximate surface area is 186 Å². The highest BCUT2D eigenvalue weighted by molar-refractivity contribution is 7.93. The van der Waals surface area contributed by atoms with Crippen molar-refractivity contribution in [3.05, 3.63) is 60.2 Å². The van der Waals surface area contributed by atoms with E-state index in [1.165, 1.54) is 4.31 Å². The van der Waals surface area contributed by atoms with Crippen LogP contribution in [0.4, 0.5) is 24.5 Å². The van der Waals surface area contributed by atoms with Crippen molar-refractivity contribution >= 4 is 27.4 Å². The van der Waals surface area contributed by atoms with E-state index in [0.29, 0.717) is 24.6 Å². The summed E-state index contributed by atoms with van der Waals surface area (Å²) in [6.07, 6.45) is -2.98. The SMILES string of the molecule is CC(C)NCCCC1Cc2ccccc2N(c2ccccc2)S1(=O)=O.O=C(O)C(F)(F)F. The van der Waals surface area contributed by atoms with Crippen LogP contribution in [0.2, 0.25) is 0 Å². The summed E-state index contributed by atoms with van der Waals surface area (Å²) in [4.78, 5) is 8.90. The molecule has 32 heavy (non-hydrogen) atoms. The van der Waals surface area contributed by atoms with Crippen molar-refractivity contribution < 1.29 is 31.5 Å². The van der Waals surface area contributed by atoms with Crippen molar-refractivity contribution in [2.75, 3.05) is 10.8 Å². The van der Waals surface area contributed by atoms with Gasteiger partial charge in [0.25, 0.3) is 0 Å². The number of para-hydroxylation sites is 2. The second-order valence-corrected chi connectivity index (χ2v) is 9.72. The fourth-order valence-corrected chi connectivity index (χ4v) is 5.36. The summed E-state index contributed by atoms with van der Waals surface area (Å²) in [5.74, 6) is -2.76. The first-order valence-corrected chi connectivity index (χ1v) is 11.7. The molecule has 176 valence electrons. The lowest BCUT2D eigenvalue weighted by molar-refractivity contribution is -0.192. The fourth-order valence-electron chi connectivity index (χ4n) is 3.34. The van der Waals surface area contributed by atoms with Crippen molar-refractivity contribution in [1.29, 1.82) is 0 Å². The molecule has 1 unspecified atom stereocenters. The maximum atomic E-state index is 13.3. The van der Waals surface area contributed by atoms with Gasteiger partial charge in [-0.25, -0.2) is 17.5 Å². The minimum Gasteiger partial charge on any atom is -0.475 e. The van der Waals surface area contributed by atoms with Crippen LogP contribution in [0, 0.1) is 0 Å². The zero-order valence-corrected chi connectivity index (χ0v) is 18.7. The first-order chi connectivity index (χ1) is 14.9. The Bertz CT molecular complexity index is 996. The molecule has 0 radical (unpaired) electrons. The van der Waals surface area contributed by atoms with Gasteiger partial charge in [0.1, 0.15) is 0 Å². The van der Waals surface area contributed by atoms with Crippen LogP contribution in [0.1, 0.15) is 32.3 Å². The van der Waals surface area contributed by atoms with Crippen LogP contribution in [-0.2, 0) is 21.2 Å². The van der Waals surface area contributed by atoms with Crippen molar-refractivity contribution in [3.63, 3.8) is 0 Å². The number of carboxylic acids is 1. The minimum atomic E-state index is -5.08. The third-order valence-corrected chi connectivity index (χ3v) is 6.98. The highest BCUT2D eigenvalue weighted by Crippen LogP contribution is 2.39. The van der Waals surface area contributed by atoms with Crippen LogP contribution >= 0.6 is 0 Å². The van der Waals surface area contributed by atoms with Crippen LogP contribution in [0.15, 0.2) is 54.6 Å². The van der Waals surface area contributed by atoms with E-state index >= 15 is 0 Å². The molecule has 0 saturated heterocycles. The van der Waals surface area contributed by atoms with Gasteiger partial charge in [-0.05, 0) is 49.6 Å². The van der Waals surface area contributed by atoms with Gasteiger partial charge in [-0.2, -0.15) is 13.2 Å². The number of benzene rings is 2. The van der Waals surface area contributed by atoms with Gasteiger partial charge in [0.05, 0.1) is 16.6 Å². The number of fused-ring (bicyclic) bond motifs is 1. The molecule has 1 aliphatic rings. The predicted molar refractivity (Wildman–Crippen MR) is 117 cm³/mol. The number of hydrogen-bond donors (Lipinski definition) is 2. The number of rotatable bonds is 6. The molecule has 10 heteroatoms. The lowest BCUT2D eigenvalue weighted by Gasteiger charge is -2.35. The predicted octanol–water partition coefficient (Wildman–Crippen LogP) is 4.49. The summed E-state index contributed by atoms with van der Waals surface area (Å²) in [5, 5.41) is 10.1. The highest BCUT2D eigenvalue weighted by Gasteiger charge is 2.39. The van der Waals surface area contributed by atoms with E-state index in [1.54, 1.807) is 0 Å². The average Bonchev–Trinajstić information content (AvgIpc) is 2.71. The Morgan fingerprint density at radius 1 is 1.12 bits per heavy atom.